The molecule has 132 valence electrons. The number of ether oxygens (including phenoxy) is 4. The smallest absolute Gasteiger partial charge is 0.330 e. The Morgan fingerprint density at radius 1 is 1.33 bits per heavy atom. The van der Waals surface area contributed by atoms with Crippen LogP contribution in [0.2, 0.25) is 0 Å². The van der Waals surface area contributed by atoms with Crippen molar-refractivity contribution >= 4 is 12.0 Å². The van der Waals surface area contributed by atoms with Crippen LogP contribution in [0.4, 0.5) is 0 Å². The van der Waals surface area contributed by atoms with Gasteiger partial charge in [-0.1, -0.05) is 13.0 Å². The second kappa shape index (κ2) is 9.98. The number of methoxy groups -OCH3 is 1. The van der Waals surface area contributed by atoms with Crippen molar-refractivity contribution in [3.05, 3.63) is 29.8 Å². The number of carbonyl (C=O) groups excluding carboxylic acids is 1. The second-order valence-electron chi connectivity index (χ2n) is 5.71. The third-order valence-corrected chi connectivity index (χ3v) is 3.75. The maximum absolute atomic E-state index is 11.8. The summed E-state index contributed by atoms with van der Waals surface area (Å²) in [7, 11) is 1.60. The van der Waals surface area contributed by atoms with E-state index in [0.717, 1.165) is 37.9 Å². The summed E-state index contributed by atoms with van der Waals surface area (Å²) in [4.78, 5) is 11.8. The van der Waals surface area contributed by atoms with Crippen molar-refractivity contribution in [3.63, 3.8) is 0 Å². The molecule has 0 N–H and O–H groups in total. The third-order valence-electron chi connectivity index (χ3n) is 3.75. The lowest BCUT2D eigenvalue weighted by Gasteiger charge is -2.21. The average Bonchev–Trinajstić information content (AvgIpc) is 2.64. The van der Waals surface area contributed by atoms with Gasteiger partial charge in [-0.3, -0.25) is 0 Å². The Morgan fingerprint density at radius 3 is 2.92 bits per heavy atom. The molecule has 0 radical (unpaired) electrons. The predicted molar refractivity (Wildman–Crippen MR) is 92.4 cm³/mol. The Labute approximate surface area is 143 Å². The summed E-state index contributed by atoms with van der Waals surface area (Å²) >= 11 is 0. The number of esters is 1. The largest absolute Gasteiger partial charge is 0.493 e. The zero-order valence-corrected chi connectivity index (χ0v) is 14.5. The zero-order chi connectivity index (χ0) is 17.2. The van der Waals surface area contributed by atoms with E-state index in [4.69, 9.17) is 18.9 Å². The highest BCUT2D eigenvalue weighted by atomic mass is 16.6. The lowest BCUT2D eigenvalue weighted by Crippen LogP contribution is -2.25. The van der Waals surface area contributed by atoms with Crippen LogP contribution in [0.3, 0.4) is 0 Å². The van der Waals surface area contributed by atoms with Crippen LogP contribution >= 0.6 is 0 Å². The van der Waals surface area contributed by atoms with Crippen LogP contribution in [0.25, 0.3) is 6.08 Å². The van der Waals surface area contributed by atoms with E-state index in [1.807, 2.05) is 25.1 Å². The molecule has 0 saturated carbocycles. The minimum atomic E-state index is -0.366. The normalized spacial score (nSPS) is 17.7. The van der Waals surface area contributed by atoms with Crippen molar-refractivity contribution in [1.29, 1.82) is 0 Å². The molecule has 1 heterocycles. The fourth-order valence-electron chi connectivity index (χ4n) is 2.45. The molecule has 0 aliphatic carbocycles. The van der Waals surface area contributed by atoms with Gasteiger partial charge >= 0.3 is 5.97 Å². The van der Waals surface area contributed by atoms with Crippen molar-refractivity contribution in [2.45, 2.75) is 38.7 Å². The molecule has 5 heteroatoms. The SMILES string of the molecule is CCCOc1ccc(C=CC(=O)OCC2CCCCO2)cc1OC. The zero-order valence-electron chi connectivity index (χ0n) is 14.5. The first-order valence-corrected chi connectivity index (χ1v) is 8.50. The summed E-state index contributed by atoms with van der Waals surface area (Å²) in [6.07, 6.45) is 7.26. The lowest BCUT2D eigenvalue weighted by atomic mass is 10.1. The molecule has 1 atom stereocenters. The number of rotatable bonds is 8. The summed E-state index contributed by atoms with van der Waals surface area (Å²) in [5, 5.41) is 0. The van der Waals surface area contributed by atoms with Crippen LogP contribution in [0.15, 0.2) is 24.3 Å². The van der Waals surface area contributed by atoms with Gasteiger partial charge in [-0.05, 0) is 49.5 Å². The molecule has 2 rings (SSSR count). The Balaban J connectivity index is 1.86. The van der Waals surface area contributed by atoms with Gasteiger partial charge in [-0.25, -0.2) is 4.79 Å². The Morgan fingerprint density at radius 2 is 2.21 bits per heavy atom. The van der Waals surface area contributed by atoms with Crippen LogP contribution in [-0.4, -0.2) is 39.0 Å². The standard InChI is InChI=1S/C19H26O5/c1-3-11-23-17-9-7-15(13-18(17)21-2)8-10-19(20)24-14-16-6-4-5-12-22-16/h7-10,13,16H,3-6,11-12,14H2,1-2H3. The van der Waals surface area contributed by atoms with E-state index in [-0.39, 0.29) is 12.1 Å². The second-order valence-corrected chi connectivity index (χ2v) is 5.71. The predicted octanol–water partition coefficient (Wildman–Crippen LogP) is 3.61. The van der Waals surface area contributed by atoms with Gasteiger partial charge in [0.2, 0.25) is 0 Å². The van der Waals surface area contributed by atoms with Gasteiger partial charge in [-0.15, -0.1) is 0 Å². The van der Waals surface area contributed by atoms with Gasteiger partial charge in [0.05, 0.1) is 19.8 Å². The topological polar surface area (TPSA) is 54.0 Å². The molecule has 0 spiro atoms. The molecule has 1 aliphatic heterocycles. The van der Waals surface area contributed by atoms with Crippen molar-refractivity contribution in [2.24, 2.45) is 0 Å². The molecule has 0 amide bonds. The first-order chi connectivity index (χ1) is 11.7. The monoisotopic (exact) mass is 334 g/mol. The van der Waals surface area contributed by atoms with Crippen LogP contribution in [0, 0.1) is 0 Å². The minimum Gasteiger partial charge on any atom is -0.493 e. The Hall–Kier alpha value is -2.01. The van der Waals surface area contributed by atoms with E-state index in [9.17, 15) is 4.79 Å². The summed E-state index contributed by atoms with van der Waals surface area (Å²) in [5.74, 6) is 0.984. The van der Waals surface area contributed by atoms with Gasteiger partial charge in [0.25, 0.3) is 0 Å². The van der Waals surface area contributed by atoms with Gasteiger partial charge in [-0.2, -0.15) is 0 Å². The molecule has 5 nitrogen and oxygen atoms in total. The quantitative estimate of drug-likeness (QED) is 0.537. The highest BCUT2D eigenvalue weighted by Gasteiger charge is 2.15. The summed E-state index contributed by atoms with van der Waals surface area (Å²) < 4.78 is 21.7. The molecular weight excluding hydrogens is 308 g/mol. The third kappa shape index (κ3) is 5.89. The first-order valence-electron chi connectivity index (χ1n) is 8.50. The van der Waals surface area contributed by atoms with E-state index >= 15 is 0 Å². The average molecular weight is 334 g/mol. The van der Waals surface area contributed by atoms with Gasteiger partial charge < -0.3 is 18.9 Å². The summed E-state index contributed by atoms with van der Waals surface area (Å²) in [6, 6.07) is 5.55. The fourth-order valence-corrected chi connectivity index (χ4v) is 2.45. The van der Waals surface area contributed by atoms with E-state index < -0.39 is 0 Å². The number of carbonyl (C=O) groups is 1. The molecule has 1 aromatic carbocycles. The number of benzene rings is 1. The minimum absolute atomic E-state index is 0.0335. The van der Waals surface area contributed by atoms with Crippen LogP contribution in [0.1, 0.15) is 38.2 Å². The van der Waals surface area contributed by atoms with Gasteiger partial charge in [0.1, 0.15) is 6.61 Å². The van der Waals surface area contributed by atoms with E-state index in [2.05, 4.69) is 0 Å². The van der Waals surface area contributed by atoms with E-state index in [0.29, 0.717) is 24.7 Å². The van der Waals surface area contributed by atoms with E-state index in [1.165, 1.54) is 6.08 Å². The molecule has 1 aromatic rings. The Kier molecular flexibility index (Phi) is 7.62. The highest BCUT2D eigenvalue weighted by Crippen LogP contribution is 2.28. The molecule has 1 aliphatic rings. The van der Waals surface area contributed by atoms with Crippen LogP contribution < -0.4 is 9.47 Å². The maximum atomic E-state index is 11.8. The molecule has 1 saturated heterocycles. The summed E-state index contributed by atoms with van der Waals surface area (Å²) in [6.45, 7) is 3.76. The van der Waals surface area contributed by atoms with Gasteiger partial charge in [0.15, 0.2) is 11.5 Å². The molecule has 0 aromatic heterocycles. The van der Waals surface area contributed by atoms with Crippen molar-refractivity contribution < 1.29 is 23.7 Å². The molecule has 0 bridgehead atoms. The van der Waals surface area contributed by atoms with Crippen molar-refractivity contribution in [3.8, 4) is 11.5 Å². The first kappa shape index (κ1) is 18.3. The van der Waals surface area contributed by atoms with Gasteiger partial charge in [0, 0.05) is 12.7 Å². The molecular formula is C19H26O5. The van der Waals surface area contributed by atoms with Crippen LogP contribution in [-0.2, 0) is 14.3 Å². The van der Waals surface area contributed by atoms with E-state index in [1.54, 1.807) is 13.2 Å². The number of hydrogen-bond acceptors (Lipinski definition) is 5. The lowest BCUT2D eigenvalue weighted by molar-refractivity contribution is -0.143. The van der Waals surface area contributed by atoms with Crippen molar-refractivity contribution in [1.82, 2.24) is 0 Å². The molecule has 1 unspecified atom stereocenters. The fraction of sp³-hybridized carbons (Fsp3) is 0.526. The maximum Gasteiger partial charge on any atom is 0.330 e. The molecule has 1 fully saturated rings. The van der Waals surface area contributed by atoms with Crippen LogP contribution in [0.5, 0.6) is 11.5 Å². The Bertz CT molecular complexity index is 547. The van der Waals surface area contributed by atoms with Crippen molar-refractivity contribution in [2.75, 3.05) is 26.9 Å². The summed E-state index contributed by atoms with van der Waals surface area (Å²) in [5.41, 5.74) is 0.849. The molecule has 24 heavy (non-hydrogen) atoms. The number of hydrogen-bond donors (Lipinski definition) is 0. The highest BCUT2D eigenvalue weighted by molar-refractivity contribution is 5.87.